The van der Waals surface area contributed by atoms with Crippen molar-refractivity contribution < 1.29 is 13.2 Å². The Kier molecular flexibility index (Phi) is 4.43. The number of nitrogens with one attached hydrogen (secondary N) is 1. The van der Waals surface area contributed by atoms with Crippen molar-refractivity contribution in [1.29, 1.82) is 0 Å². The van der Waals surface area contributed by atoms with Gasteiger partial charge in [0.15, 0.2) is 9.84 Å². The van der Waals surface area contributed by atoms with Gasteiger partial charge in [-0.15, -0.1) is 0 Å². The van der Waals surface area contributed by atoms with Gasteiger partial charge in [-0.3, -0.25) is 4.79 Å². The Morgan fingerprint density at radius 2 is 1.94 bits per heavy atom. The van der Waals surface area contributed by atoms with E-state index in [2.05, 4.69) is 5.32 Å². The number of carbonyl (C=O) groups excluding carboxylic acids is 1. The predicted octanol–water partition coefficient (Wildman–Crippen LogP) is 0.445. The molecule has 0 spiro atoms. The fourth-order valence-corrected chi connectivity index (χ4v) is 4.56. The molecular weight excluding hydrogens is 252 g/mol. The van der Waals surface area contributed by atoms with Crippen molar-refractivity contribution in [1.82, 2.24) is 5.32 Å². The molecule has 0 aromatic rings. The second-order valence-corrected chi connectivity index (χ2v) is 7.73. The summed E-state index contributed by atoms with van der Waals surface area (Å²) in [6, 6.07) is 0. The lowest BCUT2D eigenvalue weighted by Gasteiger charge is -2.34. The van der Waals surface area contributed by atoms with Crippen LogP contribution in [-0.2, 0) is 14.6 Å². The lowest BCUT2D eigenvalue weighted by molar-refractivity contribution is -0.132. The Morgan fingerprint density at radius 3 is 2.28 bits per heavy atom. The summed E-state index contributed by atoms with van der Waals surface area (Å²) in [6.07, 6.45) is 1.80. The number of nitrogens with two attached hydrogens (primary N) is 1. The normalized spacial score (nSPS) is 27.1. The van der Waals surface area contributed by atoms with E-state index < -0.39 is 20.8 Å². The molecule has 0 aromatic heterocycles. The van der Waals surface area contributed by atoms with Crippen LogP contribution in [-0.4, -0.2) is 37.9 Å². The van der Waals surface area contributed by atoms with Crippen molar-refractivity contribution in [2.45, 2.75) is 45.6 Å². The van der Waals surface area contributed by atoms with Gasteiger partial charge in [-0.2, -0.15) is 0 Å². The molecule has 6 heteroatoms. The first-order valence-electron chi connectivity index (χ1n) is 6.46. The Hall–Kier alpha value is -0.620. The zero-order valence-corrected chi connectivity index (χ0v) is 12.3. The molecule has 1 amide bonds. The molecule has 0 bridgehead atoms. The molecule has 106 valence electrons. The van der Waals surface area contributed by atoms with Crippen LogP contribution < -0.4 is 11.1 Å². The van der Waals surface area contributed by atoms with Crippen molar-refractivity contribution >= 4 is 15.7 Å². The summed E-state index contributed by atoms with van der Waals surface area (Å²) in [6.45, 7) is 5.95. The van der Waals surface area contributed by atoms with E-state index in [0.717, 1.165) is 0 Å². The fraction of sp³-hybridized carbons (Fsp3) is 0.917. The van der Waals surface area contributed by atoms with Gasteiger partial charge in [0.2, 0.25) is 5.91 Å². The van der Waals surface area contributed by atoms with Crippen molar-refractivity contribution in [3.05, 3.63) is 0 Å². The minimum absolute atomic E-state index is 0.0276. The topological polar surface area (TPSA) is 89.3 Å². The van der Waals surface area contributed by atoms with Gasteiger partial charge >= 0.3 is 0 Å². The van der Waals surface area contributed by atoms with Gasteiger partial charge in [0.25, 0.3) is 0 Å². The molecular formula is C12H24N2O3S. The highest BCUT2D eigenvalue weighted by molar-refractivity contribution is 7.91. The summed E-state index contributed by atoms with van der Waals surface area (Å²) in [4.78, 5) is 12.3. The first kappa shape index (κ1) is 15.4. The van der Waals surface area contributed by atoms with E-state index in [1.165, 1.54) is 0 Å². The molecule has 1 aliphatic heterocycles. The largest absolute Gasteiger partial charge is 0.349 e. The van der Waals surface area contributed by atoms with Crippen molar-refractivity contribution in [3.63, 3.8) is 0 Å². The highest BCUT2D eigenvalue weighted by Crippen LogP contribution is 2.29. The molecule has 0 radical (unpaired) electrons. The van der Waals surface area contributed by atoms with Crippen LogP contribution in [0.5, 0.6) is 0 Å². The molecule has 1 unspecified atom stereocenters. The van der Waals surface area contributed by atoms with E-state index in [0.29, 0.717) is 19.3 Å². The Bertz CT molecular complexity index is 407. The minimum Gasteiger partial charge on any atom is -0.349 e. The standard InChI is InChI=1S/C12H24N2O3S/c1-4-12(5-2,8-13)10(15)14-11(3)6-7-18(16,17)9-11/h4-9,13H2,1-3H3,(H,14,15). The molecule has 0 aromatic carbocycles. The maximum Gasteiger partial charge on any atom is 0.227 e. The summed E-state index contributed by atoms with van der Waals surface area (Å²) in [5.74, 6) is 0.0619. The molecule has 1 rings (SSSR count). The van der Waals surface area contributed by atoms with Crippen molar-refractivity contribution in [2.75, 3.05) is 18.1 Å². The van der Waals surface area contributed by atoms with Crippen LogP contribution in [0.3, 0.4) is 0 Å². The van der Waals surface area contributed by atoms with E-state index in [9.17, 15) is 13.2 Å². The van der Waals surface area contributed by atoms with Gasteiger partial charge in [0.1, 0.15) is 0 Å². The average molecular weight is 276 g/mol. The number of hydrogen-bond donors (Lipinski definition) is 2. The first-order chi connectivity index (χ1) is 8.22. The summed E-state index contributed by atoms with van der Waals surface area (Å²) in [5, 5.41) is 2.91. The number of amides is 1. The van der Waals surface area contributed by atoms with Crippen molar-refractivity contribution in [3.8, 4) is 0 Å². The highest BCUT2D eigenvalue weighted by Gasteiger charge is 2.43. The van der Waals surface area contributed by atoms with Gasteiger partial charge in [-0.25, -0.2) is 8.42 Å². The zero-order chi connectivity index (χ0) is 14.0. The molecule has 0 aliphatic carbocycles. The van der Waals surface area contributed by atoms with E-state index in [1.54, 1.807) is 6.92 Å². The van der Waals surface area contributed by atoms with Crippen LogP contribution in [0.15, 0.2) is 0 Å². The van der Waals surface area contributed by atoms with Crippen LogP contribution in [0.25, 0.3) is 0 Å². The van der Waals surface area contributed by atoms with Gasteiger partial charge < -0.3 is 11.1 Å². The first-order valence-corrected chi connectivity index (χ1v) is 8.28. The van der Waals surface area contributed by atoms with Crippen molar-refractivity contribution in [2.24, 2.45) is 11.1 Å². The highest BCUT2D eigenvalue weighted by atomic mass is 32.2. The molecule has 1 atom stereocenters. The summed E-state index contributed by atoms with van der Waals surface area (Å²) in [5.41, 5.74) is 4.51. The van der Waals surface area contributed by atoms with E-state index in [4.69, 9.17) is 5.73 Å². The lowest BCUT2D eigenvalue weighted by atomic mass is 9.80. The maximum atomic E-state index is 12.3. The SMILES string of the molecule is CCC(CC)(CN)C(=O)NC1(C)CCS(=O)(=O)C1. The average Bonchev–Trinajstić information content (AvgIpc) is 2.56. The van der Waals surface area contributed by atoms with E-state index >= 15 is 0 Å². The van der Waals surface area contributed by atoms with Gasteiger partial charge in [-0.05, 0) is 26.2 Å². The zero-order valence-electron chi connectivity index (χ0n) is 11.5. The van der Waals surface area contributed by atoms with Crippen LogP contribution in [0.4, 0.5) is 0 Å². The maximum absolute atomic E-state index is 12.3. The summed E-state index contributed by atoms with van der Waals surface area (Å²) < 4.78 is 23.0. The van der Waals surface area contributed by atoms with Crippen LogP contribution >= 0.6 is 0 Å². The summed E-state index contributed by atoms with van der Waals surface area (Å²) in [7, 11) is -3.01. The van der Waals surface area contributed by atoms with Gasteiger partial charge in [0.05, 0.1) is 22.5 Å². The second kappa shape index (κ2) is 5.17. The Morgan fingerprint density at radius 1 is 1.39 bits per heavy atom. The molecule has 1 heterocycles. The third-order valence-corrected chi connectivity index (χ3v) is 6.05. The monoisotopic (exact) mass is 276 g/mol. The Balaban J connectivity index is 2.82. The molecule has 5 nitrogen and oxygen atoms in total. The fourth-order valence-electron chi connectivity index (χ4n) is 2.47. The summed E-state index contributed by atoms with van der Waals surface area (Å²) >= 11 is 0. The number of hydrogen-bond acceptors (Lipinski definition) is 4. The number of carbonyl (C=O) groups is 1. The molecule has 18 heavy (non-hydrogen) atoms. The Labute approximate surface area is 109 Å². The van der Waals surface area contributed by atoms with Crippen LogP contribution in [0.2, 0.25) is 0 Å². The molecule has 1 aliphatic rings. The minimum atomic E-state index is -3.01. The third kappa shape index (κ3) is 3.03. The number of rotatable bonds is 5. The third-order valence-electron chi connectivity index (χ3n) is 4.14. The van der Waals surface area contributed by atoms with Gasteiger partial charge in [0, 0.05) is 6.54 Å². The van der Waals surface area contributed by atoms with Crippen LogP contribution in [0, 0.1) is 5.41 Å². The predicted molar refractivity (Wildman–Crippen MR) is 71.9 cm³/mol. The second-order valence-electron chi connectivity index (χ2n) is 5.55. The van der Waals surface area contributed by atoms with Gasteiger partial charge in [-0.1, -0.05) is 13.8 Å². The lowest BCUT2D eigenvalue weighted by Crippen LogP contribution is -2.54. The smallest absolute Gasteiger partial charge is 0.227 e. The van der Waals surface area contributed by atoms with Crippen LogP contribution in [0.1, 0.15) is 40.0 Å². The number of sulfone groups is 1. The quantitative estimate of drug-likeness (QED) is 0.762. The van der Waals surface area contributed by atoms with E-state index in [-0.39, 0.29) is 24.0 Å². The molecule has 3 N–H and O–H groups in total. The van der Waals surface area contributed by atoms with E-state index in [1.807, 2.05) is 13.8 Å². The molecule has 0 saturated carbocycles. The molecule has 1 fully saturated rings. The molecule has 1 saturated heterocycles.